The molecule has 5 rings (SSSR count). The predicted molar refractivity (Wildman–Crippen MR) is 169 cm³/mol. The molecule has 1 saturated heterocycles. The lowest BCUT2D eigenvalue weighted by molar-refractivity contribution is -0.130. The van der Waals surface area contributed by atoms with E-state index in [4.69, 9.17) is 4.74 Å². The monoisotopic (exact) mass is 583 g/mol. The summed E-state index contributed by atoms with van der Waals surface area (Å²) in [6.07, 6.45) is 4.58. The number of hydrogen-bond acceptors (Lipinski definition) is 9. The standard InChI is InChI=1S/C31H37N9O3/c1-6-31(42)36-25-16-26(29(43-5)18-28(25)37(3)9-10-39-11-13-40(14-12-39)21(2)41)35-30-17-24(32-20-33-30)22-7-8-27-23(15-22)19-34-38(27)4/h6-8,15-20H,1,9-14H2,2-5H3,(H,36,42)(H,32,33,35). The van der Waals surface area contributed by atoms with Gasteiger partial charge in [0.25, 0.3) is 0 Å². The van der Waals surface area contributed by atoms with Gasteiger partial charge >= 0.3 is 0 Å². The van der Waals surface area contributed by atoms with E-state index in [0.717, 1.165) is 60.6 Å². The first-order chi connectivity index (χ1) is 20.7. The third-order valence-corrected chi connectivity index (χ3v) is 7.71. The minimum Gasteiger partial charge on any atom is -0.494 e. The number of likely N-dealkylation sites (N-methyl/N-ethyl adjacent to an activating group) is 1. The molecule has 0 unspecified atom stereocenters. The molecule has 4 aromatic rings. The molecule has 224 valence electrons. The van der Waals surface area contributed by atoms with Gasteiger partial charge in [0.1, 0.15) is 17.9 Å². The van der Waals surface area contributed by atoms with Crippen LogP contribution in [0.1, 0.15) is 6.92 Å². The molecular formula is C31H37N9O3. The van der Waals surface area contributed by atoms with Crippen LogP contribution in [0.5, 0.6) is 5.75 Å². The lowest BCUT2D eigenvalue weighted by atomic mass is 10.1. The molecule has 0 atom stereocenters. The second-order valence-corrected chi connectivity index (χ2v) is 10.5. The zero-order valence-electron chi connectivity index (χ0n) is 25.0. The first-order valence-corrected chi connectivity index (χ1v) is 14.1. The molecular weight excluding hydrogens is 546 g/mol. The zero-order chi connectivity index (χ0) is 30.5. The summed E-state index contributed by atoms with van der Waals surface area (Å²) in [6, 6.07) is 11.7. The maximum Gasteiger partial charge on any atom is 0.247 e. The number of anilines is 4. The Labute approximate surface area is 251 Å². The summed E-state index contributed by atoms with van der Waals surface area (Å²) in [4.78, 5) is 39.3. The van der Waals surface area contributed by atoms with Crippen molar-refractivity contribution < 1.29 is 14.3 Å². The number of piperazine rings is 1. The molecule has 2 N–H and O–H groups in total. The maximum atomic E-state index is 12.4. The Morgan fingerprint density at radius 2 is 1.88 bits per heavy atom. The molecule has 0 aliphatic carbocycles. The molecule has 2 aromatic carbocycles. The summed E-state index contributed by atoms with van der Waals surface area (Å²) in [6.45, 7) is 9.87. The highest BCUT2D eigenvalue weighted by Gasteiger charge is 2.20. The van der Waals surface area contributed by atoms with E-state index >= 15 is 0 Å². The third kappa shape index (κ3) is 6.75. The highest BCUT2D eigenvalue weighted by atomic mass is 16.5. The van der Waals surface area contributed by atoms with Crippen molar-refractivity contribution in [1.82, 2.24) is 29.5 Å². The van der Waals surface area contributed by atoms with Crippen LogP contribution in [-0.2, 0) is 16.6 Å². The Bertz CT molecular complexity index is 1640. The lowest BCUT2D eigenvalue weighted by Crippen LogP contribution is -2.49. The van der Waals surface area contributed by atoms with Gasteiger partial charge in [-0.3, -0.25) is 19.2 Å². The Morgan fingerprint density at radius 1 is 1.09 bits per heavy atom. The van der Waals surface area contributed by atoms with Crippen LogP contribution < -0.4 is 20.3 Å². The van der Waals surface area contributed by atoms with Crippen LogP contribution in [0.15, 0.2) is 61.6 Å². The number of aryl methyl sites for hydroxylation is 1. The second-order valence-electron chi connectivity index (χ2n) is 10.5. The van der Waals surface area contributed by atoms with Crippen LogP contribution in [-0.4, -0.2) is 94.8 Å². The molecule has 43 heavy (non-hydrogen) atoms. The molecule has 0 bridgehead atoms. The number of benzene rings is 2. The van der Waals surface area contributed by atoms with E-state index in [1.54, 1.807) is 14.0 Å². The van der Waals surface area contributed by atoms with Crippen LogP contribution in [0.25, 0.3) is 22.2 Å². The first kappa shape index (κ1) is 29.5. The summed E-state index contributed by atoms with van der Waals surface area (Å²) in [5.41, 5.74) is 4.77. The number of fused-ring (bicyclic) bond motifs is 1. The summed E-state index contributed by atoms with van der Waals surface area (Å²) in [5.74, 6) is 0.956. The van der Waals surface area contributed by atoms with E-state index in [1.807, 2.05) is 66.3 Å². The Morgan fingerprint density at radius 3 is 2.60 bits per heavy atom. The normalized spacial score (nSPS) is 13.5. The number of carbonyl (C=O) groups excluding carboxylic acids is 2. The maximum absolute atomic E-state index is 12.4. The van der Waals surface area contributed by atoms with Crippen molar-refractivity contribution in [2.45, 2.75) is 6.92 Å². The molecule has 2 amide bonds. The number of ether oxygens (including phenoxy) is 1. The van der Waals surface area contributed by atoms with Gasteiger partial charge in [-0.1, -0.05) is 12.6 Å². The second kappa shape index (κ2) is 12.9. The van der Waals surface area contributed by atoms with Gasteiger partial charge in [0.05, 0.1) is 41.6 Å². The Kier molecular flexibility index (Phi) is 8.86. The highest BCUT2D eigenvalue weighted by Crippen LogP contribution is 2.38. The molecule has 2 aromatic heterocycles. The number of nitrogens with one attached hydrogen (secondary N) is 2. The predicted octanol–water partition coefficient (Wildman–Crippen LogP) is 3.51. The number of amides is 2. The Balaban J connectivity index is 1.37. The summed E-state index contributed by atoms with van der Waals surface area (Å²) < 4.78 is 7.60. The van der Waals surface area contributed by atoms with Crippen molar-refractivity contribution in [2.24, 2.45) is 7.05 Å². The van der Waals surface area contributed by atoms with Crippen LogP contribution in [0.2, 0.25) is 0 Å². The molecule has 1 aliphatic rings. The van der Waals surface area contributed by atoms with E-state index in [-0.39, 0.29) is 11.8 Å². The molecule has 1 aliphatic heterocycles. The van der Waals surface area contributed by atoms with Gasteiger partial charge in [-0.2, -0.15) is 5.10 Å². The number of carbonyl (C=O) groups is 2. The van der Waals surface area contributed by atoms with E-state index < -0.39 is 0 Å². The smallest absolute Gasteiger partial charge is 0.247 e. The number of rotatable bonds is 10. The number of aromatic nitrogens is 4. The van der Waals surface area contributed by atoms with E-state index in [2.05, 4.69) is 42.1 Å². The van der Waals surface area contributed by atoms with E-state index in [1.165, 1.54) is 12.4 Å². The SMILES string of the molecule is C=CC(=O)Nc1cc(Nc2cc(-c3ccc4c(cnn4C)c3)ncn2)c(OC)cc1N(C)CCN1CCN(C(C)=O)CC1. The lowest BCUT2D eigenvalue weighted by Gasteiger charge is -2.35. The van der Waals surface area contributed by atoms with Gasteiger partial charge in [-0.25, -0.2) is 9.97 Å². The topological polar surface area (TPSA) is 121 Å². The van der Waals surface area contributed by atoms with E-state index in [0.29, 0.717) is 29.5 Å². The van der Waals surface area contributed by atoms with Crippen molar-refractivity contribution in [1.29, 1.82) is 0 Å². The summed E-state index contributed by atoms with van der Waals surface area (Å²) in [7, 11) is 5.50. The van der Waals surface area contributed by atoms with Crippen LogP contribution in [0, 0.1) is 0 Å². The van der Waals surface area contributed by atoms with Crippen LogP contribution in [0.4, 0.5) is 22.9 Å². The van der Waals surface area contributed by atoms with Crippen molar-refractivity contribution in [2.75, 3.05) is 69.0 Å². The van der Waals surface area contributed by atoms with Gasteiger partial charge in [-0.05, 0) is 24.3 Å². The Hall–Kier alpha value is -4.97. The van der Waals surface area contributed by atoms with Crippen molar-refractivity contribution in [3.63, 3.8) is 0 Å². The summed E-state index contributed by atoms with van der Waals surface area (Å²) >= 11 is 0. The fraction of sp³-hybridized carbons (Fsp3) is 0.323. The molecule has 12 nitrogen and oxygen atoms in total. The average molecular weight is 584 g/mol. The number of hydrogen-bond donors (Lipinski definition) is 2. The van der Waals surface area contributed by atoms with Gasteiger partial charge in [0.2, 0.25) is 11.8 Å². The molecule has 0 radical (unpaired) electrons. The molecule has 0 spiro atoms. The summed E-state index contributed by atoms with van der Waals surface area (Å²) in [5, 5.41) is 11.6. The van der Waals surface area contributed by atoms with Crippen LogP contribution in [0.3, 0.4) is 0 Å². The fourth-order valence-electron chi connectivity index (χ4n) is 5.18. The quantitative estimate of drug-likeness (QED) is 0.270. The number of nitrogens with zero attached hydrogens (tertiary/aromatic N) is 7. The van der Waals surface area contributed by atoms with E-state index in [9.17, 15) is 9.59 Å². The van der Waals surface area contributed by atoms with Gasteiger partial charge < -0.3 is 25.2 Å². The molecule has 1 fully saturated rings. The highest BCUT2D eigenvalue weighted by molar-refractivity contribution is 6.02. The molecule has 0 saturated carbocycles. The van der Waals surface area contributed by atoms with Crippen molar-refractivity contribution >= 4 is 45.6 Å². The largest absolute Gasteiger partial charge is 0.494 e. The van der Waals surface area contributed by atoms with Gasteiger partial charge in [0, 0.05) is 83.4 Å². The minimum absolute atomic E-state index is 0.115. The van der Waals surface area contributed by atoms with Crippen molar-refractivity contribution in [3.05, 3.63) is 61.6 Å². The zero-order valence-corrected chi connectivity index (χ0v) is 25.0. The first-order valence-electron chi connectivity index (χ1n) is 14.1. The van der Waals surface area contributed by atoms with Gasteiger partial charge in [-0.15, -0.1) is 0 Å². The molecule has 3 heterocycles. The third-order valence-electron chi connectivity index (χ3n) is 7.71. The minimum atomic E-state index is -0.318. The van der Waals surface area contributed by atoms with Gasteiger partial charge in [0.15, 0.2) is 0 Å². The van der Waals surface area contributed by atoms with Crippen molar-refractivity contribution in [3.8, 4) is 17.0 Å². The fourth-order valence-corrected chi connectivity index (χ4v) is 5.18. The number of methoxy groups -OCH3 is 1. The van der Waals surface area contributed by atoms with Crippen LogP contribution >= 0.6 is 0 Å². The average Bonchev–Trinajstić information content (AvgIpc) is 3.39. The molecule has 12 heteroatoms.